The molecule has 4 N–H and O–H groups in total. The molecule has 5 fully saturated rings. The van der Waals surface area contributed by atoms with E-state index in [0.717, 1.165) is 60.2 Å². The molecule has 63 heavy (non-hydrogen) atoms. The summed E-state index contributed by atoms with van der Waals surface area (Å²) in [6.07, 6.45) is 7.45. The van der Waals surface area contributed by atoms with Crippen LogP contribution in [0.3, 0.4) is 0 Å². The highest BCUT2D eigenvalue weighted by atomic mass is 32.1. The summed E-state index contributed by atoms with van der Waals surface area (Å²) >= 11 is 1.58. The monoisotopic (exact) mass is 895 g/mol. The normalized spacial score (nSPS) is 29.4. The Labute approximate surface area is 376 Å². The minimum atomic E-state index is -0.931. The SMILES string of the molecule is Cc1ncsc1-c1ccc(CNC(=O)C2CC(O)CN2C(=O)C(NC(=O)CCOCCOCCNC(=O)C23CC(C)CC(C2)C2(OOC4(CCCCC4)O2)C(C)C3)C(C)(C)C)cc1. The molecule has 2 aromatic rings. The number of rotatable bonds is 16. The molecular weight excluding hydrogens is 827 g/mol. The van der Waals surface area contributed by atoms with Gasteiger partial charge in [0.1, 0.15) is 12.1 Å². The highest BCUT2D eigenvalue weighted by molar-refractivity contribution is 7.13. The first-order valence-electron chi connectivity index (χ1n) is 23.1. The van der Waals surface area contributed by atoms with Crippen LogP contribution in [-0.2, 0) is 49.7 Å². The molecule has 0 radical (unpaired) electrons. The number of benzene rings is 1. The minimum Gasteiger partial charge on any atom is -0.391 e. The second-order valence-electron chi connectivity index (χ2n) is 20.0. The Morgan fingerprint density at radius 1 is 0.952 bits per heavy atom. The zero-order valence-corrected chi connectivity index (χ0v) is 38.8. The van der Waals surface area contributed by atoms with Crippen LogP contribution >= 0.6 is 11.3 Å². The molecule has 7 rings (SSSR count). The molecule has 2 spiro atoms. The number of hydrogen-bond donors (Lipinski definition) is 4. The van der Waals surface area contributed by atoms with Crippen molar-refractivity contribution in [3.63, 3.8) is 0 Å². The van der Waals surface area contributed by atoms with Gasteiger partial charge in [-0.1, -0.05) is 65.3 Å². The van der Waals surface area contributed by atoms with Crippen LogP contribution in [-0.4, -0.2) is 108 Å². The molecule has 348 valence electrons. The Hall–Kier alpha value is -3.51. The summed E-state index contributed by atoms with van der Waals surface area (Å²) in [6.45, 7) is 13.5. The third-order valence-electron chi connectivity index (χ3n) is 13.9. The van der Waals surface area contributed by atoms with Crippen molar-refractivity contribution in [2.45, 2.75) is 148 Å². The number of aromatic nitrogens is 1. The van der Waals surface area contributed by atoms with Gasteiger partial charge in [0.25, 0.3) is 0 Å². The average Bonchev–Trinajstić information content (AvgIpc) is 3.97. The molecule has 3 aliphatic carbocycles. The number of aliphatic hydroxyl groups excluding tert-OH is 1. The van der Waals surface area contributed by atoms with Crippen LogP contribution in [0.4, 0.5) is 0 Å². The Kier molecular flexibility index (Phi) is 15.0. The van der Waals surface area contributed by atoms with Gasteiger partial charge in [-0.25, -0.2) is 4.98 Å². The van der Waals surface area contributed by atoms with Gasteiger partial charge in [0.2, 0.25) is 35.2 Å². The van der Waals surface area contributed by atoms with Gasteiger partial charge in [-0.2, -0.15) is 9.78 Å². The van der Waals surface area contributed by atoms with Gasteiger partial charge in [-0.05, 0) is 67.9 Å². The van der Waals surface area contributed by atoms with E-state index in [1.807, 2.05) is 57.5 Å². The maximum atomic E-state index is 14.0. The first-order valence-corrected chi connectivity index (χ1v) is 24.0. The number of likely N-dealkylation sites (tertiary alicyclic amines) is 1. The Morgan fingerprint density at radius 2 is 1.68 bits per heavy atom. The van der Waals surface area contributed by atoms with E-state index in [4.69, 9.17) is 24.0 Å². The lowest BCUT2D eigenvalue weighted by Gasteiger charge is -2.55. The van der Waals surface area contributed by atoms with Crippen molar-refractivity contribution in [2.75, 3.05) is 39.5 Å². The molecule has 2 saturated heterocycles. The molecule has 2 bridgehead atoms. The second kappa shape index (κ2) is 19.9. The highest BCUT2D eigenvalue weighted by Crippen LogP contribution is 2.62. The number of β-amino-alcohol motifs (C(OH)–C–C–N with tert-alkyl or cyclic N) is 1. The van der Waals surface area contributed by atoms with Gasteiger partial charge in [0.05, 0.1) is 54.0 Å². The van der Waals surface area contributed by atoms with E-state index in [1.54, 1.807) is 11.3 Å². The first kappa shape index (κ1) is 47.5. The maximum Gasteiger partial charge on any atom is 0.246 e. The predicted octanol–water partition coefficient (Wildman–Crippen LogP) is 5.56. The van der Waals surface area contributed by atoms with Gasteiger partial charge >= 0.3 is 0 Å². The first-order chi connectivity index (χ1) is 30.0. The van der Waals surface area contributed by atoms with E-state index in [1.165, 1.54) is 11.3 Å². The van der Waals surface area contributed by atoms with Crippen LogP contribution in [0.15, 0.2) is 29.8 Å². The smallest absolute Gasteiger partial charge is 0.246 e. The third kappa shape index (κ3) is 10.8. The topological polar surface area (TPSA) is 187 Å². The Bertz CT molecular complexity index is 1910. The molecule has 8 unspecified atom stereocenters. The zero-order valence-electron chi connectivity index (χ0n) is 38.0. The van der Waals surface area contributed by atoms with Gasteiger partial charge < -0.3 is 40.2 Å². The number of amides is 4. The lowest BCUT2D eigenvalue weighted by Crippen LogP contribution is -2.60. The van der Waals surface area contributed by atoms with Crippen molar-refractivity contribution in [3.05, 3.63) is 41.0 Å². The molecule has 8 atom stereocenters. The number of thiazole rings is 1. The summed E-state index contributed by atoms with van der Waals surface area (Å²) in [5, 5.41) is 19.5. The molecule has 16 heteroatoms. The molecule has 3 heterocycles. The van der Waals surface area contributed by atoms with Crippen molar-refractivity contribution in [1.29, 1.82) is 0 Å². The van der Waals surface area contributed by atoms with E-state index in [2.05, 4.69) is 34.8 Å². The molecule has 1 aromatic carbocycles. The van der Waals surface area contributed by atoms with Crippen LogP contribution in [0.5, 0.6) is 0 Å². The molecule has 1 aromatic heterocycles. The van der Waals surface area contributed by atoms with E-state index in [9.17, 15) is 24.3 Å². The maximum absolute atomic E-state index is 14.0. The average molecular weight is 896 g/mol. The van der Waals surface area contributed by atoms with Gasteiger partial charge in [0, 0.05) is 57.2 Å². The largest absolute Gasteiger partial charge is 0.391 e. The number of ether oxygens (including phenoxy) is 3. The number of fused-ring (bicyclic) bond motifs is 3. The number of hydrogen-bond acceptors (Lipinski definition) is 12. The van der Waals surface area contributed by atoms with E-state index < -0.39 is 46.5 Å². The summed E-state index contributed by atoms with van der Waals surface area (Å²) in [5.41, 5.74) is 3.58. The van der Waals surface area contributed by atoms with Crippen molar-refractivity contribution in [1.82, 2.24) is 25.8 Å². The number of nitrogens with one attached hydrogen (secondary N) is 3. The molecule has 5 aliphatic rings. The molecule has 2 aliphatic heterocycles. The summed E-state index contributed by atoms with van der Waals surface area (Å²) in [5.74, 6) is -2.09. The van der Waals surface area contributed by atoms with Crippen LogP contribution in [0.2, 0.25) is 0 Å². The standard InChI is InChI=1S/C47H69N5O10S/c1-30-22-35-26-45(24-30,25-31(2)47(35)60-46(61-62-47)15-8-7-9-16-46)43(57)48-17-19-59-21-20-58-18-14-38(54)51-40(44(4,5)6)42(56)52-28-36(53)23-37(52)41(55)49-27-33-10-12-34(13-11-33)39-32(3)50-29-63-39/h10-13,29-31,35-37,40,53H,7-9,14-28H2,1-6H3,(H,48,57)(H,49,55)(H,51,54). The lowest BCUT2D eigenvalue weighted by molar-refractivity contribution is -0.382. The zero-order chi connectivity index (χ0) is 45.0. The molecular formula is C47H69N5O10S. The van der Waals surface area contributed by atoms with Crippen molar-refractivity contribution >= 4 is 35.0 Å². The van der Waals surface area contributed by atoms with Gasteiger partial charge in [0.15, 0.2) is 0 Å². The van der Waals surface area contributed by atoms with E-state index >= 15 is 0 Å². The minimum absolute atomic E-state index is 0.00332. The summed E-state index contributed by atoms with van der Waals surface area (Å²) in [4.78, 5) is 73.3. The quantitative estimate of drug-likeness (QED) is 0.122. The summed E-state index contributed by atoms with van der Waals surface area (Å²) < 4.78 is 18.2. The molecule has 3 saturated carbocycles. The second-order valence-corrected chi connectivity index (χ2v) is 20.8. The number of carbonyl (C=O) groups excluding carboxylic acids is 4. The fourth-order valence-corrected chi connectivity index (χ4v) is 11.6. The van der Waals surface area contributed by atoms with Gasteiger partial charge in [-0.15, -0.1) is 11.3 Å². The molecule has 4 amide bonds. The van der Waals surface area contributed by atoms with Crippen molar-refractivity contribution in [2.24, 2.45) is 28.6 Å². The fourth-order valence-electron chi connectivity index (χ4n) is 10.8. The number of carbonyl (C=O) groups is 4. The summed E-state index contributed by atoms with van der Waals surface area (Å²) in [6, 6.07) is 6.09. The van der Waals surface area contributed by atoms with Crippen molar-refractivity contribution < 1.29 is 48.3 Å². The van der Waals surface area contributed by atoms with Gasteiger partial charge in [-0.3, -0.25) is 19.2 Å². The van der Waals surface area contributed by atoms with E-state index in [0.29, 0.717) is 38.5 Å². The highest BCUT2D eigenvalue weighted by Gasteiger charge is 2.66. The van der Waals surface area contributed by atoms with Crippen LogP contribution < -0.4 is 16.0 Å². The Balaban J connectivity index is 0.800. The van der Waals surface area contributed by atoms with Crippen LogP contribution in [0, 0.1) is 35.5 Å². The van der Waals surface area contributed by atoms with Crippen molar-refractivity contribution in [3.8, 4) is 10.4 Å². The fraction of sp³-hybridized carbons (Fsp3) is 0.723. The third-order valence-corrected chi connectivity index (χ3v) is 14.8. The summed E-state index contributed by atoms with van der Waals surface area (Å²) in [7, 11) is 0. The van der Waals surface area contributed by atoms with E-state index in [-0.39, 0.29) is 68.7 Å². The lowest BCUT2D eigenvalue weighted by atomic mass is 9.54. The van der Waals surface area contributed by atoms with Crippen LogP contribution in [0.25, 0.3) is 10.4 Å². The predicted molar refractivity (Wildman–Crippen MR) is 235 cm³/mol. The number of nitrogens with zero attached hydrogens (tertiary/aromatic N) is 2. The number of aliphatic hydroxyl groups is 1. The van der Waals surface area contributed by atoms with Crippen LogP contribution in [0.1, 0.15) is 117 Å². The number of aryl methyl sites for hydroxylation is 1. The molecule has 15 nitrogen and oxygen atoms in total. The Morgan fingerprint density at radius 3 is 2.38 bits per heavy atom.